The summed E-state index contributed by atoms with van der Waals surface area (Å²) in [5.41, 5.74) is 1.13. The van der Waals surface area contributed by atoms with E-state index in [-0.39, 0.29) is 10.6 Å². The van der Waals surface area contributed by atoms with Crippen molar-refractivity contribution < 1.29 is 13.6 Å². The number of benzene rings is 2. The molecular formula is C14H9Cl2F2NO. The van der Waals surface area contributed by atoms with Gasteiger partial charge < -0.3 is 5.32 Å². The highest BCUT2D eigenvalue weighted by atomic mass is 35.5. The smallest absolute Gasteiger partial charge is 0.257 e. The van der Waals surface area contributed by atoms with Crippen LogP contribution in [0.15, 0.2) is 30.3 Å². The van der Waals surface area contributed by atoms with Crippen LogP contribution in [0.5, 0.6) is 0 Å². The van der Waals surface area contributed by atoms with Crippen molar-refractivity contribution in [3.8, 4) is 0 Å². The van der Waals surface area contributed by atoms with Gasteiger partial charge in [-0.05, 0) is 36.8 Å². The third-order valence-corrected chi connectivity index (χ3v) is 3.25. The summed E-state index contributed by atoms with van der Waals surface area (Å²) in [4.78, 5) is 12.0. The number of carbonyl (C=O) groups excluding carboxylic acids is 1. The van der Waals surface area contributed by atoms with Gasteiger partial charge in [0.25, 0.3) is 5.91 Å². The summed E-state index contributed by atoms with van der Waals surface area (Å²) >= 11 is 11.7. The molecule has 0 bridgehead atoms. The molecule has 2 rings (SSSR count). The second-order valence-electron chi connectivity index (χ2n) is 4.18. The van der Waals surface area contributed by atoms with Crippen LogP contribution in [0.3, 0.4) is 0 Å². The number of halogens is 4. The Morgan fingerprint density at radius 3 is 2.35 bits per heavy atom. The fourth-order valence-corrected chi connectivity index (χ4v) is 2.13. The van der Waals surface area contributed by atoms with Crippen LogP contribution in [0, 0.1) is 18.6 Å². The molecule has 1 amide bonds. The summed E-state index contributed by atoms with van der Waals surface area (Å²) < 4.78 is 26.1. The van der Waals surface area contributed by atoms with Crippen molar-refractivity contribution in [2.24, 2.45) is 0 Å². The second kappa shape index (κ2) is 5.77. The molecular weight excluding hydrogens is 307 g/mol. The molecule has 2 aromatic rings. The molecule has 2 aromatic carbocycles. The normalized spacial score (nSPS) is 10.4. The first-order chi connectivity index (χ1) is 9.38. The summed E-state index contributed by atoms with van der Waals surface area (Å²) in [5, 5.41) is 2.67. The number of aryl methyl sites for hydroxylation is 1. The van der Waals surface area contributed by atoms with E-state index in [4.69, 9.17) is 23.2 Å². The number of nitrogens with one attached hydrogen (secondary N) is 1. The molecule has 0 spiro atoms. The lowest BCUT2D eigenvalue weighted by molar-refractivity contribution is 0.102. The van der Waals surface area contributed by atoms with Crippen molar-refractivity contribution in [3.05, 3.63) is 63.1 Å². The largest absolute Gasteiger partial charge is 0.321 e. The van der Waals surface area contributed by atoms with E-state index in [9.17, 15) is 13.6 Å². The van der Waals surface area contributed by atoms with Crippen molar-refractivity contribution in [3.63, 3.8) is 0 Å². The SMILES string of the molecule is Cc1ccc(NC(=O)c2cc(F)c(F)cc2Cl)c(Cl)c1. The van der Waals surface area contributed by atoms with E-state index in [1.807, 2.05) is 6.92 Å². The first-order valence-electron chi connectivity index (χ1n) is 5.60. The van der Waals surface area contributed by atoms with Gasteiger partial charge >= 0.3 is 0 Å². The predicted octanol–water partition coefficient (Wildman–Crippen LogP) is 4.83. The summed E-state index contributed by atoms with van der Waals surface area (Å²) in [6, 6.07) is 6.54. The molecule has 0 fully saturated rings. The van der Waals surface area contributed by atoms with Crippen molar-refractivity contribution in [1.29, 1.82) is 0 Å². The Hall–Kier alpha value is -1.65. The van der Waals surface area contributed by atoms with Gasteiger partial charge in [-0.1, -0.05) is 29.3 Å². The minimum atomic E-state index is -1.14. The van der Waals surface area contributed by atoms with Gasteiger partial charge in [-0.2, -0.15) is 0 Å². The van der Waals surface area contributed by atoms with Crippen LogP contribution in [0.25, 0.3) is 0 Å². The Balaban J connectivity index is 2.31. The highest BCUT2D eigenvalue weighted by molar-refractivity contribution is 6.36. The standard InChI is InChI=1S/C14H9Cl2F2NO/c1-7-2-3-13(10(16)4-7)19-14(20)8-5-11(17)12(18)6-9(8)15/h2-6H,1H3,(H,19,20). The number of rotatable bonds is 2. The molecule has 0 aliphatic heterocycles. The molecule has 1 N–H and O–H groups in total. The first kappa shape index (κ1) is 14.8. The van der Waals surface area contributed by atoms with Crippen LogP contribution in [-0.2, 0) is 0 Å². The third kappa shape index (κ3) is 3.08. The molecule has 0 aliphatic rings. The molecule has 0 atom stereocenters. The Bertz CT molecular complexity index is 689. The lowest BCUT2D eigenvalue weighted by Crippen LogP contribution is -2.13. The minimum Gasteiger partial charge on any atom is -0.321 e. The van der Waals surface area contributed by atoms with Gasteiger partial charge in [-0.3, -0.25) is 4.79 Å². The van der Waals surface area contributed by atoms with Crippen LogP contribution in [0.2, 0.25) is 10.0 Å². The highest BCUT2D eigenvalue weighted by Gasteiger charge is 2.16. The zero-order valence-corrected chi connectivity index (χ0v) is 11.8. The Morgan fingerprint density at radius 1 is 1.05 bits per heavy atom. The fraction of sp³-hybridized carbons (Fsp3) is 0.0714. The second-order valence-corrected chi connectivity index (χ2v) is 5.00. The molecule has 0 saturated heterocycles. The molecule has 0 aromatic heterocycles. The van der Waals surface area contributed by atoms with Gasteiger partial charge in [-0.25, -0.2) is 8.78 Å². The van der Waals surface area contributed by atoms with Crippen LogP contribution in [0.4, 0.5) is 14.5 Å². The van der Waals surface area contributed by atoms with Crippen molar-refractivity contribution in [2.75, 3.05) is 5.32 Å². The van der Waals surface area contributed by atoms with E-state index >= 15 is 0 Å². The van der Waals surface area contributed by atoms with E-state index < -0.39 is 17.5 Å². The molecule has 20 heavy (non-hydrogen) atoms. The van der Waals surface area contributed by atoms with E-state index in [2.05, 4.69) is 5.32 Å². The Kier molecular flexibility index (Phi) is 4.26. The lowest BCUT2D eigenvalue weighted by Gasteiger charge is -2.09. The van der Waals surface area contributed by atoms with Gasteiger partial charge in [0.2, 0.25) is 0 Å². The number of amides is 1. The molecule has 2 nitrogen and oxygen atoms in total. The molecule has 0 radical (unpaired) electrons. The molecule has 0 saturated carbocycles. The maximum Gasteiger partial charge on any atom is 0.257 e. The van der Waals surface area contributed by atoms with Gasteiger partial charge in [0.15, 0.2) is 11.6 Å². The zero-order chi connectivity index (χ0) is 14.9. The van der Waals surface area contributed by atoms with E-state index in [0.717, 1.165) is 17.7 Å². The van der Waals surface area contributed by atoms with Gasteiger partial charge in [0.05, 0.1) is 21.3 Å². The number of hydrogen-bond donors (Lipinski definition) is 1. The maximum absolute atomic E-state index is 13.2. The van der Waals surface area contributed by atoms with Crippen LogP contribution in [-0.4, -0.2) is 5.91 Å². The quantitative estimate of drug-likeness (QED) is 0.790. The summed E-state index contributed by atoms with van der Waals surface area (Å²) in [6.45, 7) is 1.85. The Morgan fingerprint density at radius 2 is 1.70 bits per heavy atom. The number of anilines is 1. The maximum atomic E-state index is 13.2. The predicted molar refractivity (Wildman–Crippen MR) is 75.5 cm³/mol. The van der Waals surface area contributed by atoms with E-state index in [0.29, 0.717) is 10.7 Å². The molecule has 0 heterocycles. The van der Waals surface area contributed by atoms with Crippen molar-refractivity contribution in [1.82, 2.24) is 0 Å². The minimum absolute atomic E-state index is 0.165. The average Bonchev–Trinajstić information content (AvgIpc) is 2.37. The van der Waals surface area contributed by atoms with Gasteiger partial charge in [-0.15, -0.1) is 0 Å². The summed E-state index contributed by atoms with van der Waals surface area (Å²) in [6.07, 6.45) is 0. The van der Waals surface area contributed by atoms with Gasteiger partial charge in [0.1, 0.15) is 0 Å². The summed E-state index contributed by atoms with van der Waals surface area (Å²) in [5.74, 6) is -2.92. The first-order valence-corrected chi connectivity index (χ1v) is 6.36. The van der Waals surface area contributed by atoms with Crippen LogP contribution >= 0.6 is 23.2 Å². The average molecular weight is 316 g/mol. The van der Waals surface area contributed by atoms with E-state index in [1.54, 1.807) is 18.2 Å². The molecule has 6 heteroatoms. The lowest BCUT2D eigenvalue weighted by atomic mass is 10.1. The molecule has 104 valence electrons. The van der Waals surface area contributed by atoms with E-state index in [1.165, 1.54) is 0 Å². The zero-order valence-electron chi connectivity index (χ0n) is 10.3. The third-order valence-electron chi connectivity index (χ3n) is 2.63. The Labute approximate surface area is 124 Å². The highest BCUT2D eigenvalue weighted by Crippen LogP contribution is 2.25. The molecule has 0 aliphatic carbocycles. The number of hydrogen-bond acceptors (Lipinski definition) is 1. The summed E-state index contributed by atoms with van der Waals surface area (Å²) in [7, 11) is 0. The van der Waals surface area contributed by atoms with Gasteiger partial charge in [0, 0.05) is 0 Å². The van der Waals surface area contributed by atoms with Crippen molar-refractivity contribution in [2.45, 2.75) is 6.92 Å². The van der Waals surface area contributed by atoms with Crippen LogP contribution < -0.4 is 5.32 Å². The fourth-order valence-electron chi connectivity index (χ4n) is 1.61. The van der Waals surface area contributed by atoms with Crippen molar-refractivity contribution >= 4 is 34.8 Å². The molecule has 0 unspecified atom stereocenters. The number of carbonyl (C=O) groups is 1. The topological polar surface area (TPSA) is 29.1 Å². The van der Waals surface area contributed by atoms with Crippen LogP contribution in [0.1, 0.15) is 15.9 Å². The monoisotopic (exact) mass is 315 g/mol.